The maximum atomic E-state index is 13.3. The summed E-state index contributed by atoms with van der Waals surface area (Å²) in [5.74, 6) is -3.44. The summed E-state index contributed by atoms with van der Waals surface area (Å²) in [5.41, 5.74) is 2.82. The second kappa shape index (κ2) is 8.40. The number of amides is 1. The van der Waals surface area contributed by atoms with E-state index in [4.69, 9.17) is 4.74 Å². The van der Waals surface area contributed by atoms with Crippen molar-refractivity contribution in [1.29, 1.82) is 0 Å². The molecule has 1 fully saturated rings. The van der Waals surface area contributed by atoms with E-state index in [1.165, 1.54) is 0 Å². The summed E-state index contributed by atoms with van der Waals surface area (Å²) in [6.45, 7) is 4.47. The van der Waals surface area contributed by atoms with Crippen LogP contribution in [0.5, 0.6) is 5.75 Å². The quantitative estimate of drug-likeness (QED) is 0.631. The first-order valence-corrected chi connectivity index (χ1v) is 10.6. The Morgan fingerprint density at radius 1 is 1.13 bits per heavy atom. The number of pyridine rings is 1. The topological polar surface area (TPSA) is 45.7 Å². The summed E-state index contributed by atoms with van der Waals surface area (Å²) >= 11 is 0. The van der Waals surface area contributed by atoms with Crippen molar-refractivity contribution >= 4 is 17.3 Å². The lowest BCUT2D eigenvalue weighted by molar-refractivity contribution is -0.119. The molecule has 166 valence electrons. The molecule has 0 unspecified atom stereocenters. The summed E-state index contributed by atoms with van der Waals surface area (Å²) in [7, 11) is 1.92. The van der Waals surface area contributed by atoms with Crippen LogP contribution in [0, 0.1) is 23.4 Å². The Labute approximate surface area is 179 Å². The summed E-state index contributed by atoms with van der Waals surface area (Å²) in [4.78, 5) is 20.8. The van der Waals surface area contributed by atoms with Gasteiger partial charge < -0.3 is 14.5 Å². The average molecular weight is 433 g/mol. The van der Waals surface area contributed by atoms with Gasteiger partial charge in [0, 0.05) is 31.4 Å². The smallest absolute Gasteiger partial charge is 0.249 e. The number of anilines is 2. The fourth-order valence-corrected chi connectivity index (χ4v) is 4.30. The van der Waals surface area contributed by atoms with Gasteiger partial charge in [-0.1, -0.05) is 0 Å². The van der Waals surface area contributed by atoms with Gasteiger partial charge in [-0.3, -0.25) is 9.78 Å². The van der Waals surface area contributed by atoms with Gasteiger partial charge in [-0.15, -0.1) is 0 Å². The lowest BCUT2D eigenvalue weighted by Gasteiger charge is -2.39. The van der Waals surface area contributed by atoms with Crippen molar-refractivity contribution in [2.24, 2.45) is 5.92 Å². The summed E-state index contributed by atoms with van der Waals surface area (Å²) in [6, 6.07) is 3.60. The Hall–Kier alpha value is -2.77. The summed E-state index contributed by atoms with van der Waals surface area (Å²) < 4.78 is 45.2. The van der Waals surface area contributed by atoms with Gasteiger partial charge in [-0.2, -0.15) is 0 Å². The molecule has 5 nitrogen and oxygen atoms in total. The second-order valence-electron chi connectivity index (χ2n) is 8.35. The molecule has 1 aromatic carbocycles. The normalized spacial score (nSPS) is 22.9. The van der Waals surface area contributed by atoms with Crippen LogP contribution < -0.4 is 14.5 Å². The third kappa shape index (κ3) is 4.07. The number of ether oxygens (including phenoxy) is 1. The van der Waals surface area contributed by atoms with Gasteiger partial charge in [-0.05, 0) is 51.5 Å². The fourth-order valence-electron chi connectivity index (χ4n) is 4.30. The molecule has 1 aliphatic heterocycles. The van der Waals surface area contributed by atoms with Gasteiger partial charge >= 0.3 is 0 Å². The van der Waals surface area contributed by atoms with E-state index < -0.39 is 17.5 Å². The SMILES string of the molecule is CCN1C(=O)[C@@H](C)N(C)c2cc(CCC3CC(Oc4cc(F)c(F)c(F)c4)C3)ncc21. The highest BCUT2D eigenvalue weighted by molar-refractivity contribution is 6.04. The molecule has 0 spiro atoms. The van der Waals surface area contributed by atoms with Crippen molar-refractivity contribution in [3.63, 3.8) is 0 Å². The number of benzene rings is 1. The van der Waals surface area contributed by atoms with E-state index in [-0.39, 0.29) is 23.8 Å². The molecule has 1 saturated carbocycles. The molecular weight excluding hydrogens is 407 g/mol. The summed E-state index contributed by atoms with van der Waals surface area (Å²) in [5, 5.41) is 0. The van der Waals surface area contributed by atoms with Crippen molar-refractivity contribution in [3.05, 3.63) is 47.5 Å². The molecule has 0 saturated heterocycles. The average Bonchev–Trinajstić information content (AvgIpc) is 2.72. The number of likely N-dealkylation sites (N-methyl/N-ethyl adjacent to an activating group) is 2. The number of hydrogen-bond acceptors (Lipinski definition) is 4. The first-order valence-electron chi connectivity index (χ1n) is 10.6. The maximum absolute atomic E-state index is 13.3. The molecule has 2 aliphatic rings. The number of nitrogens with zero attached hydrogens (tertiary/aromatic N) is 3. The minimum Gasteiger partial charge on any atom is -0.490 e. The van der Waals surface area contributed by atoms with Gasteiger partial charge in [0.05, 0.1) is 23.7 Å². The van der Waals surface area contributed by atoms with Crippen LogP contribution in [0.15, 0.2) is 24.4 Å². The van der Waals surface area contributed by atoms with Gasteiger partial charge in [-0.25, -0.2) is 13.2 Å². The van der Waals surface area contributed by atoms with Crippen molar-refractivity contribution in [1.82, 2.24) is 4.98 Å². The van der Waals surface area contributed by atoms with E-state index in [2.05, 4.69) is 11.1 Å². The monoisotopic (exact) mass is 433 g/mol. The zero-order valence-corrected chi connectivity index (χ0v) is 17.9. The molecular formula is C23H26F3N3O2. The second-order valence-corrected chi connectivity index (χ2v) is 8.35. The van der Waals surface area contributed by atoms with E-state index in [1.54, 1.807) is 11.1 Å². The van der Waals surface area contributed by atoms with Crippen molar-refractivity contribution in [2.75, 3.05) is 23.4 Å². The highest BCUT2D eigenvalue weighted by Crippen LogP contribution is 2.37. The van der Waals surface area contributed by atoms with Crippen LogP contribution in [-0.4, -0.2) is 36.6 Å². The van der Waals surface area contributed by atoms with E-state index in [0.717, 1.165) is 54.9 Å². The summed E-state index contributed by atoms with van der Waals surface area (Å²) in [6.07, 6.45) is 4.93. The van der Waals surface area contributed by atoms with E-state index in [0.29, 0.717) is 12.5 Å². The Morgan fingerprint density at radius 3 is 2.45 bits per heavy atom. The third-order valence-electron chi connectivity index (χ3n) is 6.37. The molecule has 1 amide bonds. The number of carbonyl (C=O) groups excluding carboxylic acids is 1. The number of halogens is 3. The molecule has 2 heterocycles. The number of aromatic nitrogens is 1. The minimum atomic E-state index is -1.48. The predicted octanol–water partition coefficient (Wildman–Crippen LogP) is 4.48. The molecule has 0 radical (unpaired) electrons. The largest absolute Gasteiger partial charge is 0.490 e. The lowest BCUT2D eigenvalue weighted by Crippen LogP contribution is -2.50. The third-order valence-corrected chi connectivity index (χ3v) is 6.37. The van der Waals surface area contributed by atoms with Crippen LogP contribution >= 0.6 is 0 Å². The molecule has 0 bridgehead atoms. The first-order chi connectivity index (χ1) is 14.8. The zero-order valence-electron chi connectivity index (χ0n) is 17.9. The molecule has 8 heteroatoms. The Kier molecular flexibility index (Phi) is 5.81. The number of hydrogen-bond donors (Lipinski definition) is 0. The predicted molar refractivity (Wildman–Crippen MR) is 112 cm³/mol. The Morgan fingerprint density at radius 2 is 1.81 bits per heavy atom. The molecule has 1 aliphatic carbocycles. The van der Waals surface area contributed by atoms with Crippen molar-refractivity contribution in [2.45, 2.75) is 51.7 Å². The van der Waals surface area contributed by atoms with Crippen LogP contribution in [-0.2, 0) is 11.2 Å². The van der Waals surface area contributed by atoms with Crippen molar-refractivity contribution in [3.8, 4) is 5.75 Å². The van der Waals surface area contributed by atoms with Gasteiger partial charge in [0.25, 0.3) is 0 Å². The van der Waals surface area contributed by atoms with Crippen LogP contribution in [0.3, 0.4) is 0 Å². The highest BCUT2D eigenvalue weighted by Gasteiger charge is 2.34. The standard InChI is InChI=1S/C23H26F3N3O2/c1-4-29-21-12-27-15(9-20(21)28(3)13(2)23(29)30)6-5-14-7-16(8-14)31-17-10-18(24)22(26)19(25)11-17/h9-14,16H,4-8H2,1-3H3/t13-,14?,16?/m1/s1. The highest BCUT2D eigenvalue weighted by atomic mass is 19.2. The fraction of sp³-hybridized carbons (Fsp3) is 0.478. The molecule has 2 aromatic rings. The number of rotatable bonds is 6. The van der Waals surface area contributed by atoms with Gasteiger partial charge in [0.1, 0.15) is 11.8 Å². The lowest BCUT2D eigenvalue weighted by atomic mass is 9.79. The minimum absolute atomic E-state index is 0.0170. The number of carbonyl (C=O) groups is 1. The van der Waals surface area contributed by atoms with Crippen LogP contribution in [0.4, 0.5) is 24.5 Å². The molecule has 1 atom stereocenters. The molecule has 0 N–H and O–H groups in total. The van der Waals surface area contributed by atoms with Crippen LogP contribution in [0.25, 0.3) is 0 Å². The van der Waals surface area contributed by atoms with E-state index in [9.17, 15) is 18.0 Å². The molecule has 31 heavy (non-hydrogen) atoms. The molecule has 4 rings (SSSR count). The van der Waals surface area contributed by atoms with Gasteiger partial charge in [0.15, 0.2) is 17.5 Å². The first kappa shape index (κ1) is 21.5. The maximum Gasteiger partial charge on any atom is 0.249 e. The number of fused-ring (bicyclic) bond motifs is 1. The molecule has 1 aromatic heterocycles. The number of aryl methyl sites for hydroxylation is 1. The van der Waals surface area contributed by atoms with Crippen LogP contribution in [0.1, 0.15) is 38.8 Å². The van der Waals surface area contributed by atoms with Crippen molar-refractivity contribution < 1.29 is 22.7 Å². The Bertz CT molecular complexity index is 971. The van der Waals surface area contributed by atoms with E-state index in [1.807, 2.05) is 25.8 Å². The Balaban J connectivity index is 1.33. The van der Waals surface area contributed by atoms with Crippen LogP contribution in [0.2, 0.25) is 0 Å². The van der Waals surface area contributed by atoms with Gasteiger partial charge in [0.2, 0.25) is 5.91 Å². The van der Waals surface area contributed by atoms with E-state index >= 15 is 0 Å². The zero-order chi connectivity index (χ0) is 22.3.